The van der Waals surface area contributed by atoms with Crippen LogP contribution in [0.15, 0.2) is 18.3 Å². The van der Waals surface area contributed by atoms with Crippen molar-refractivity contribution in [3.8, 4) is 0 Å². The Kier molecular flexibility index (Phi) is 5.84. The maximum absolute atomic E-state index is 11.5. The Morgan fingerprint density at radius 2 is 2.00 bits per heavy atom. The quantitative estimate of drug-likeness (QED) is 0.615. The van der Waals surface area contributed by atoms with Crippen LogP contribution in [0.1, 0.15) is 31.7 Å². The number of hydrogen-bond donors (Lipinski definition) is 2. The van der Waals surface area contributed by atoms with Crippen LogP contribution in [-0.2, 0) is 9.59 Å². The van der Waals surface area contributed by atoms with Crippen molar-refractivity contribution in [1.29, 1.82) is 0 Å². The van der Waals surface area contributed by atoms with Crippen LogP contribution >= 0.6 is 0 Å². The van der Waals surface area contributed by atoms with Crippen LogP contribution in [-0.4, -0.2) is 23.3 Å². The van der Waals surface area contributed by atoms with Crippen LogP contribution in [0, 0.1) is 6.92 Å². The molecule has 0 fully saturated rings. The summed E-state index contributed by atoms with van der Waals surface area (Å²) in [5, 5.41) is 5.02. The maximum atomic E-state index is 11.5. The zero-order chi connectivity index (χ0) is 13.4. The summed E-state index contributed by atoms with van der Waals surface area (Å²) in [5.41, 5.74) is 0.997. The molecule has 2 N–H and O–H groups in total. The van der Waals surface area contributed by atoms with E-state index in [1.165, 1.54) is 0 Å². The van der Waals surface area contributed by atoms with Gasteiger partial charge in [0.1, 0.15) is 5.82 Å². The van der Waals surface area contributed by atoms with Gasteiger partial charge in [-0.2, -0.15) is 0 Å². The SMILES string of the molecule is CCCCCNC(=O)C(=O)Nc1ccc(C)cn1. The topological polar surface area (TPSA) is 71.1 Å². The number of nitrogens with one attached hydrogen (secondary N) is 2. The van der Waals surface area contributed by atoms with Crippen LogP contribution in [0.25, 0.3) is 0 Å². The fourth-order valence-electron chi connectivity index (χ4n) is 1.37. The van der Waals surface area contributed by atoms with Gasteiger partial charge >= 0.3 is 11.8 Å². The molecule has 2 amide bonds. The fraction of sp³-hybridized carbons (Fsp3) is 0.462. The molecular weight excluding hydrogens is 230 g/mol. The van der Waals surface area contributed by atoms with Crippen LogP contribution < -0.4 is 10.6 Å². The highest BCUT2D eigenvalue weighted by Crippen LogP contribution is 2.03. The number of aromatic nitrogens is 1. The standard InChI is InChI=1S/C13H19N3O2/c1-3-4-5-8-14-12(17)13(18)16-11-7-6-10(2)9-15-11/h6-7,9H,3-5,8H2,1-2H3,(H,14,17)(H,15,16,18). The second-order valence-corrected chi connectivity index (χ2v) is 4.14. The zero-order valence-corrected chi connectivity index (χ0v) is 10.8. The number of aryl methyl sites for hydroxylation is 1. The van der Waals surface area contributed by atoms with Gasteiger partial charge in [-0.3, -0.25) is 9.59 Å². The molecule has 5 nitrogen and oxygen atoms in total. The molecule has 1 heterocycles. The number of anilines is 1. The monoisotopic (exact) mass is 249 g/mol. The molecule has 0 bridgehead atoms. The number of nitrogens with zero attached hydrogens (tertiary/aromatic N) is 1. The van der Waals surface area contributed by atoms with E-state index in [9.17, 15) is 9.59 Å². The van der Waals surface area contributed by atoms with Gasteiger partial charge in [0.2, 0.25) is 0 Å². The summed E-state index contributed by atoms with van der Waals surface area (Å²) in [6.45, 7) is 4.51. The molecule has 0 saturated carbocycles. The van der Waals surface area contributed by atoms with Crippen LogP contribution in [0.3, 0.4) is 0 Å². The van der Waals surface area contributed by atoms with E-state index >= 15 is 0 Å². The minimum absolute atomic E-state index is 0.384. The molecular formula is C13H19N3O2. The normalized spacial score (nSPS) is 9.89. The van der Waals surface area contributed by atoms with Gasteiger partial charge in [0.05, 0.1) is 0 Å². The third-order valence-electron chi connectivity index (χ3n) is 2.43. The van der Waals surface area contributed by atoms with Gasteiger partial charge in [0.25, 0.3) is 0 Å². The predicted molar refractivity (Wildman–Crippen MR) is 70.1 cm³/mol. The Labute approximate surface area is 107 Å². The molecule has 1 aromatic heterocycles. The molecule has 0 radical (unpaired) electrons. The maximum Gasteiger partial charge on any atom is 0.314 e. The van der Waals surface area contributed by atoms with Crippen LogP contribution in [0.4, 0.5) is 5.82 Å². The first-order chi connectivity index (χ1) is 8.63. The van der Waals surface area contributed by atoms with E-state index in [0.717, 1.165) is 24.8 Å². The van der Waals surface area contributed by atoms with Gasteiger partial charge < -0.3 is 10.6 Å². The minimum atomic E-state index is -0.678. The minimum Gasteiger partial charge on any atom is -0.348 e. The van der Waals surface area contributed by atoms with Gasteiger partial charge in [-0.15, -0.1) is 0 Å². The van der Waals surface area contributed by atoms with Gasteiger partial charge in [0, 0.05) is 12.7 Å². The first kappa shape index (κ1) is 14.2. The van der Waals surface area contributed by atoms with E-state index in [0.29, 0.717) is 12.4 Å². The van der Waals surface area contributed by atoms with Crippen molar-refractivity contribution in [3.05, 3.63) is 23.9 Å². The summed E-state index contributed by atoms with van der Waals surface area (Å²) in [6.07, 6.45) is 4.64. The molecule has 1 aromatic rings. The number of rotatable bonds is 5. The predicted octanol–water partition coefficient (Wildman–Crippen LogP) is 1.63. The second kappa shape index (κ2) is 7.42. The van der Waals surface area contributed by atoms with E-state index in [1.54, 1.807) is 12.3 Å². The third-order valence-corrected chi connectivity index (χ3v) is 2.43. The van der Waals surface area contributed by atoms with Crippen molar-refractivity contribution in [2.45, 2.75) is 33.1 Å². The lowest BCUT2D eigenvalue weighted by molar-refractivity contribution is -0.136. The van der Waals surface area contributed by atoms with Crippen molar-refractivity contribution in [2.75, 3.05) is 11.9 Å². The molecule has 0 aliphatic rings. The zero-order valence-electron chi connectivity index (χ0n) is 10.8. The molecule has 18 heavy (non-hydrogen) atoms. The number of pyridine rings is 1. The Hall–Kier alpha value is -1.91. The molecule has 0 atom stereocenters. The molecule has 0 aliphatic heterocycles. The Morgan fingerprint density at radius 3 is 2.61 bits per heavy atom. The number of amides is 2. The summed E-state index contributed by atoms with van der Waals surface area (Å²) >= 11 is 0. The van der Waals surface area contributed by atoms with E-state index < -0.39 is 11.8 Å². The summed E-state index contributed by atoms with van der Waals surface area (Å²) < 4.78 is 0. The summed E-state index contributed by atoms with van der Waals surface area (Å²) in [7, 11) is 0. The molecule has 0 spiro atoms. The molecule has 5 heteroatoms. The van der Waals surface area contributed by atoms with Crippen molar-refractivity contribution in [3.63, 3.8) is 0 Å². The lowest BCUT2D eigenvalue weighted by Gasteiger charge is -2.05. The smallest absolute Gasteiger partial charge is 0.314 e. The van der Waals surface area contributed by atoms with Gasteiger partial charge in [-0.25, -0.2) is 4.98 Å². The summed E-state index contributed by atoms with van der Waals surface area (Å²) in [6, 6.07) is 3.49. The third kappa shape index (κ3) is 4.95. The van der Waals surface area contributed by atoms with E-state index in [4.69, 9.17) is 0 Å². The fourth-order valence-corrected chi connectivity index (χ4v) is 1.37. The highest BCUT2D eigenvalue weighted by Gasteiger charge is 2.12. The second-order valence-electron chi connectivity index (χ2n) is 4.14. The van der Waals surface area contributed by atoms with Crippen LogP contribution in [0.2, 0.25) is 0 Å². The number of carbonyl (C=O) groups excluding carboxylic acids is 2. The van der Waals surface area contributed by atoms with Crippen molar-refractivity contribution < 1.29 is 9.59 Å². The van der Waals surface area contributed by atoms with Gasteiger partial charge in [-0.05, 0) is 25.0 Å². The molecule has 98 valence electrons. The average molecular weight is 249 g/mol. The first-order valence-electron chi connectivity index (χ1n) is 6.15. The summed E-state index contributed by atoms with van der Waals surface area (Å²) in [5.74, 6) is -0.911. The molecule has 0 aromatic carbocycles. The Balaban J connectivity index is 2.35. The lowest BCUT2D eigenvalue weighted by atomic mass is 10.2. The lowest BCUT2D eigenvalue weighted by Crippen LogP contribution is -2.36. The molecule has 0 aliphatic carbocycles. The molecule has 0 unspecified atom stereocenters. The van der Waals surface area contributed by atoms with Crippen LogP contribution in [0.5, 0.6) is 0 Å². The number of carbonyl (C=O) groups is 2. The average Bonchev–Trinajstić information content (AvgIpc) is 2.37. The Bertz CT molecular complexity index is 401. The van der Waals surface area contributed by atoms with Crippen molar-refractivity contribution in [1.82, 2.24) is 10.3 Å². The molecule has 0 saturated heterocycles. The summed E-state index contributed by atoms with van der Waals surface area (Å²) in [4.78, 5) is 26.9. The molecule has 1 rings (SSSR count). The Morgan fingerprint density at radius 1 is 1.22 bits per heavy atom. The van der Waals surface area contributed by atoms with Gasteiger partial charge in [-0.1, -0.05) is 25.8 Å². The highest BCUT2D eigenvalue weighted by atomic mass is 16.2. The van der Waals surface area contributed by atoms with E-state index in [1.807, 2.05) is 13.0 Å². The van der Waals surface area contributed by atoms with E-state index in [2.05, 4.69) is 22.5 Å². The first-order valence-corrected chi connectivity index (χ1v) is 6.15. The highest BCUT2D eigenvalue weighted by molar-refractivity contribution is 6.39. The van der Waals surface area contributed by atoms with E-state index in [-0.39, 0.29) is 0 Å². The van der Waals surface area contributed by atoms with Gasteiger partial charge in [0.15, 0.2) is 0 Å². The van der Waals surface area contributed by atoms with Crippen molar-refractivity contribution in [2.24, 2.45) is 0 Å². The number of unbranched alkanes of at least 4 members (excludes halogenated alkanes) is 2. The number of hydrogen-bond acceptors (Lipinski definition) is 3. The van der Waals surface area contributed by atoms with Crippen molar-refractivity contribution >= 4 is 17.6 Å². The largest absolute Gasteiger partial charge is 0.348 e.